The second-order valence-electron chi connectivity index (χ2n) is 10.4. The van der Waals surface area contributed by atoms with E-state index in [4.69, 9.17) is 0 Å². The number of rotatable bonds is 7. The number of fused-ring (bicyclic) bond motifs is 3. The molecule has 0 radical (unpaired) electrons. The molecule has 4 aromatic rings. The molecular formula is C34H31N3O3S2. The summed E-state index contributed by atoms with van der Waals surface area (Å²) in [5.41, 5.74) is 5.53. The number of allylic oxidation sites excluding steroid dienone is 1. The molecule has 6 nitrogen and oxygen atoms in total. The number of carbonyl (C=O) groups excluding carboxylic acids is 3. The highest BCUT2D eigenvalue weighted by molar-refractivity contribution is 8.07. The predicted octanol–water partition coefficient (Wildman–Crippen LogP) is 7.49. The van der Waals surface area contributed by atoms with Gasteiger partial charge < -0.3 is 15.5 Å². The van der Waals surface area contributed by atoms with Crippen molar-refractivity contribution in [3.05, 3.63) is 112 Å². The van der Waals surface area contributed by atoms with Crippen LogP contribution >= 0.6 is 23.1 Å². The zero-order chi connectivity index (χ0) is 29.2. The van der Waals surface area contributed by atoms with Crippen LogP contribution in [-0.4, -0.2) is 36.6 Å². The molecule has 2 aliphatic rings. The Morgan fingerprint density at radius 2 is 1.64 bits per heavy atom. The van der Waals surface area contributed by atoms with E-state index in [0.29, 0.717) is 35.8 Å². The van der Waals surface area contributed by atoms with Gasteiger partial charge in [-0.05, 0) is 80.5 Å². The summed E-state index contributed by atoms with van der Waals surface area (Å²) in [5.74, 6) is -0.316. The third kappa shape index (κ3) is 5.65. The molecule has 0 bridgehead atoms. The number of benzene rings is 3. The van der Waals surface area contributed by atoms with Gasteiger partial charge in [0.25, 0.3) is 17.7 Å². The van der Waals surface area contributed by atoms with Crippen molar-refractivity contribution in [2.45, 2.75) is 32.2 Å². The maximum atomic E-state index is 13.8. The van der Waals surface area contributed by atoms with Gasteiger partial charge in [-0.15, -0.1) is 23.1 Å². The Morgan fingerprint density at radius 1 is 0.929 bits per heavy atom. The van der Waals surface area contributed by atoms with Gasteiger partial charge >= 0.3 is 0 Å². The van der Waals surface area contributed by atoms with Crippen LogP contribution in [0, 0.1) is 0 Å². The van der Waals surface area contributed by atoms with E-state index in [1.807, 2.05) is 78.8 Å². The van der Waals surface area contributed by atoms with Crippen LogP contribution in [0.5, 0.6) is 0 Å². The van der Waals surface area contributed by atoms with Gasteiger partial charge in [-0.1, -0.05) is 42.5 Å². The second-order valence-corrected chi connectivity index (χ2v) is 12.3. The third-order valence-electron chi connectivity index (χ3n) is 7.54. The van der Waals surface area contributed by atoms with Crippen LogP contribution in [0.25, 0.3) is 15.3 Å². The summed E-state index contributed by atoms with van der Waals surface area (Å²) in [6.07, 6.45) is 6.75. The normalized spacial score (nSPS) is 14.4. The summed E-state index contributed by atoms with van der Waals surface area (Å²) in [4.78, 5) is 44.3. The molecule has 1 aromatic heterocycles. The van der Waals surface area contributed by atoms with E-state index in [2.05, 4.69) is 10.6 Å². The largest absolute Gasteiger partial charge is 0.349 e. The molecule has 2 N–H and O–H groups in total. The van der Waals surface area contributed by atoms with Gasteiger partial charge in [-0.25, -0.2) is 0 Å². The van der Waals surface area contributed by atoms with E-state index in [1.54, 1.807) is 36.0 Å². The minimum absolute atomic E-state index is 0.0109. The van der Waals surface area contributed by atoms with Gasteiger partial charge in [0, 0.05) is 50.3 Å². The van der Waals surface area contributed by atoms with E-state index in [9.17, 15) is 14.4 Å². The summed E-state index contributed by atoms with van der Waals surface area (Å²) in [7, 11) is 0. The fraction of sp³-hybridized carbons (Fsp3) is 0.206. The van der Waals surface area contributed by atoms with E-state index in [0.717, 1.165) is 49.9 Å². The summed E-state index contributed by atoms with van der Waals surface area (Å²) in [6.45, 7) is 2.46. The fourth-order valence-electron chi connectivity index (χ4n) is 5.23. The first-order chi connectivity index (χ1) is 20.5. The molecule has 0 spiro atoms. The first-order valence-electron chi connectivity index (χ1n) is 14.0. The van der Waals surface area contributed by atoms with Crippen molar-refractivity contribution in [3.8, 4) is 10.4 Å². The molecule has 6 rings (SSSR count). The van der Waals surface area contributed by atoms with Gasteiger partial charge in [-0.3, -0.25) is 14.4 Å². The Morgan fingerprint density at radius 3 is 2.36 bits per heavy atom. The number of hydrogen-bond acceptors (Lipinski definition) is 5. The summed E-state index contributed by atoms with van der Waals surface area (Å²) >= 11 is 3.10. The second kappa shape index (κ2) is 12.0. The number of thioether (sulfide) groups is 1. The molecule has 1 saturated carbocycles. The van der Waals surface area contributed by atoms with E-state index in [-0.39, 0.29) is 17.7 Å². The molecule has 3 aromatic carbocycles. The molecule has 1 aliphatic heterocycles. The number of hydrogen-bond donors (Lipinski definition) is 2. The van der Waals surface area contributed by atoms with Crippen LogP contribution in [-0.2, 0) is 6.42 Å². The lowest BCUT2D eigenvalue weighted by molar-refractivity contribution is 0.0952. The van der Waals surface area contributed by atoms with Crippen molar-refractivity contribution in [1.82, 2.24) is 5.32 Å². The smallest absolute Gasteiger partial charge is 0.261 e. The Hall–Kier alpha value is -4.14. The standard InChI is InChI=1S/C34H31N3O3S2/c1-3-29(41-2)25-8-4-5-9-26(25)32(38)35-23-14-12-21(13-15-23)34(40)37-19-18-22-20-30(33(39)36-24-16-17-24)42-31(22)27-10-6-7-11-28(27)37/h3-15,20,24H,16-19H2,1-2H3,(H,35,38)(H,36,39)/b29-3-. The quantitative estimate of drug-likeness (QED) is 0.233. The van der Waals surface area contributed by atoms with Crippen molar-refractivity contribution in [1.29, 1.82) is 0 Å². The van der Waals surface area contributed by atoms with Crippen molar-refractivity contribution in [2.75, 3.05) is 23.0 Å². The lowest BCUT2D eigenvalue weighted by atomic mass is 10.1. The molecule has 0 unspecified atom stereocenters. The summed E-state index contributed by atoms with van der Waals surface area (Å²) < 4.78 is 0. The van der Waals surface area contributed by atoms with Gasteiger partial charge in [0.2, 0.25) is 0 Å². The van der Waals surface area contributed by atoms with E-state index in [1.165, 1.54) is 11.3 Å². The minimum atomic E-state index is -0.198. The number of nitrogens with one attached hydrogen (secondary N) is 2. The topological polar surface area (TPSA) is 78.5 Å². The Bertz CT molecular complexity index is 1700. The molecule has 212 valence electrons. The molecule has 1 fully saturated rings. The zero-order valence-corrected chi connectivity index (χ0v) is 25.1. The van der Waals surface area contributed by atoms with Crippen molar-refractivity contribution < 1.29 is 14.4 Å². The highest BCUT2D eigenvalue weighted by Crippen LogP contribution is 2.42. The number of nitrogens with zero attached hydrogens (tertiary/aromatic N) is 1. The number of carbonyl (C=O) groups is 3. The highest BCUT2D eigenvalue weighted by Gasteiger charge is 2.29. The van der Waals surface area contributed by atoms with Crippen LogP contribution in [0.4, 0.5) is 11.4 Å². The predicted molar refractivity (Wildman–Crippen MR) is 174 cm³/mol. The van der Waals surface area contributed by atoms with Gasteiger partial charge in [-0.2, -0.15) is 0 Å². The molecule has 3 amide bonds. The average molecular weight is 594 g/mol. The van der Waals surface area contributed by atoms with Gasteiger partial charge in [0.15, 0.2) is 0 Å². The number of amides is 3. The lowest BCUT2D eigenvalue weighted by Crippen LogP contribution is -2.32. The zero-order valence-electron chi connectivity index (χ0n) is 23.5. The molecule has 42 heavy (non-hydrogen) atoms. The van der Waals surface area contributed by atoms with Gasteiger partial charge in [0.1, 0.15) is 0 Å². The molecular weight excluding hydrogens is 563 g/mol. The van der Waals surface area contributed by atoms with E-state index >= 15 is 0 Å². The van der Waals surface area contributed by atoms with Crippen LogP contribution in [0.15, 0.2) is 84.9 Å². The first kappa shape index (κ1) is 28.0. The van der Waals surface area contributed by atoms with E-state index < -0.39 is 0 Å². The molecule has 2 heterocycles. The van der Waals surface area contributed by atoms with Crippen molar-refractivity contribution in [2.24, 2.45) is 0 Å². The Kier molecular flexibility index (Phi) is 8.00. The summed E-state index contributed by atoms with van der Waals surface area (Å²) in [6, 6.07) is 24.8. The van der Waals surface area contributed by atoms with Crippen LogP contribution in [0.3, 0.4) is 0 Å². The highest BCUT2D eigenvalue weighted by atomic mass is 32.2. The molecule has 8 heteroatoms. The fourth-order valence-corrected chi connectivity index (χ4v) is 7.01. The minimum Gasteiger partial charge on any atom is -0.349 e. The third-order valence-corrected chi connectivity index (χ3v) is 9.65. The molecule has 0 atom stereocenters. The molecule has 1 aliphatic carbocycles. The Balaban J connectivity index is 1.21. The van der Waals surface area contributed by atoms with Crippen LogP contribution in [0.2, 0.25) is 0 Å². The SMILES string of the molecule is C/C=C(\SC)c1ccccc1C(=O)Nc1ccc(C(=O)N2CCc3cc(C(=O)NC4CC4)sc3-c3ccccc32)cc1. The maximum Gasteiger partial charge on any atom is 0.261 e. The Labute approximate surface area is 253 Å². The lowest BCUT2D eigenvalue weighted by Gasteiger charge is -2.23. The van der Waals surface area contributed by atoms with Crippen LogP contribution in [0.1, 0.15) is 61.3 Å². The van der Waals surface area contributed by atoms with Crippen molar-refractivity contribution in [3.63, 3.8) is 0 Å². The molecule has 0 saturated heterocycles. The van der Waals surface area contributed by atoms with Gasteiger partial charge in [0.05, 0.1) is 10.6 Å². The number of para-hydroxylation sites is 1. The average Bonchev–Trinajstić information content (AvgIpc) is 3.76. The maximum absolute atomic E-state index is 13.8. The first-order valence-corrected chi connectivity index (χ1v) is 16.1. The monoisotopic (exact) mass is 593 g/mol. The number of anilines is 2. The van der Waals surface area contributed by atoms with Crippen LogP contribution < -0.4 is 15.5 Å². The van der Waals surface area contributed by atoms with Crippen molar-refractivity contribution >= 4 is 57.1 Å². The summed E-state index contributed by atoms with van der Waals surface area (Å²) in [5, 5.41) is 6.06. The number of thiophene rings is 1.